The lowest BCUT2D eigenvalue weighted by molar-refractivity contribution is -0.921. The minimum atomic E-state index is 0.500. The Bertz CT molecular complexity index is 1060. The number of fused-ring (bicyclic) bond motifs is 1. The second-order valence-electron chi connectivity index (χ2n) is 7.26. The molecule has 142 valence electrons. The molecule has 7 heteroatoms. The lowest BCUT2D eigenvalue weighted by atomic mass is 9.99. The van der Waals surface area contributed by atoms with Crippen molar-refractivity contribution >= 4 is 33.2 Å². The molecule has 0 saturated carbocycles. The van der Waals surface area contributed by atoms with Gasteiger partial charge >= 0.3 is 0 Å². The summed E-state index contributed by atoms with van der Waals surface area (Å²) in [5.74, 6) is 1.80. The zero-order valence-electron chi connectivity index (χ0n) is 15.3. The van der Waals surface area contributed by atoms with Crippen molar-refractivity contribution in [2.45, 2.75) is 25.3 Å². The van der Waals surface area contributed by atoms with Crippen molar-refractivity contribution in [3.8, 4) is 11.4 Å². The van der Waals surface area contributed by atoms with E-state index < -0.39 is 0 Å². The summed E-state index contributed by atoms with van der Waals surface area (Å²) >= 11 is 7.78. The molecule has 1 unspecified atom stereocenters. The van der Waals surface area contributed by atoms with Crippen LogP contribution in [-0.4, -0.2) is 28.2 Å². The smallest absolute Gasteiger partial charge is 0.282 e. The number of hydrogen-bond acceptors (Lipinski definition) is 5. The lowest BCUT2D eigenvalue weighted by Gasteiger charge is -2.27. The van der Waals surface area contributed by atoms with E-state index in [1.807, 2.05) is 35.6 Å². The molecule has 2 aromatic heterocycles. The molecule has 1 fully saturated rings. The summed E-state index contributed by atoms with van der Waals surface area (Å²) < 4.78 is 6.79. The summed E-state index contributed by atoms with van der Waals surface area (Å²) in [6.07, 6.45) is 2.39. The van der Waals surface area contributed by atoms with Gasteiger partial charge in [0.1, 0.15) is 5.01 Å². The van der Waals surface area contributed by atoms with Crippen LogP contribution in [0.2, 0.25) is 5.02 Å². The van der Waals surface area contributed by atoms with E-state index in [1.165, 1.54) is 27.4 Å². The van der Waals surface area contributed by atoms with E-state index in [9.17, 15) is 0 Å². The molecule has 1 aliphatic heterocycles. The molecule has 2 atom stereocenters. The third-order valence-electron chi connectivity index (χ3n) is 5.25. The van der Waals surface area contributed by atoms with Crippen molar-refractivity contribution in [1.82, 2.24) is 15.1 Å². The van der Waals surface area contributed by atoms with Crippen LogP contribution in [0.25, 0.3) is 21.6 Å². The fourth-order valence-electron chi connectivity index (χ4n) is 3.84. The Labute approximate surface area is 172 Å². The number of thiazole rings is 1. The Kier molecular flexibility index (Phi) is 4.84. The summed E-state index contributed by atoms with van der Waals surface area (Å²) in [6.45, 7) is 2.93. The Morgan fingerprint density at radius 2 is 1.96 bits per heavy atom. The molecule has 3 heterocycles. The SMILES string of the molecule is Clc1ccc(-c2noc(C[NH+]3CCC[C@@H](c4nc5ccccc5s4)C3)n2)cc1. The van der Waals surface area contributed by atoms with E-state index >= 15 is 0 Å². The third kappa shape index (κ3) is 3.68. The predicted octanol–water partition coefficient (Wildman–Crippen LogP) is 3.96. The van der Waals surface area contributed by atoms with Crippen LogP contribution in [-0.2, 0) is 6.54 Å². The van der Waals surface area contributed by atoms with Crippen molar-refractivity contribution < 1.29 is 9.42 Å². The highest BCUT2D eigenvalue weighted by Crippen LogP contribution is 2.30. The number of hydrogen-bond donors (Lipinski definition) is 1. The average molecular weight is 412 g/mol. The number of nitrogens with one attached hydrogen (secondary N) is 1. The van der Waals surface area contributed by atoms with E-state index in [1.54, 1.807) is 0 Å². The number of benzene rings is 2. The summed E-state index contributed by atoms with van der Waals surface area (Å²) in [4.78, 5) is 10.9. The zero-order chi connectivity index (χ0) is 18.9. The molecule has 4 aromatic rings. The van der Waals surface area contributed by atoms with Gasteiger partial charge in [0.15, 0.2) is 6.54 Å². The van der Waals surface area contributed by atoms with Crippen LogP contribution in [0.5, 0.6) is 0 Å². The van der Waals surface area contributed by atoms with Crippen molar-refractivity contribution in [3.63, 3.8) is 0 Å². The van der Waals surface area contributed by atoms with Crippen LogP contribution >= 0.6 is 22.9 Å². The number of aromatic nitrogens is 3. The number of likely N-dealkylation sites (tertiary alicyclic amines) is 1. The van der Waals surface area contributed by atoms with Crippen molar-refractivity contribution in [3.05, 3.63) is 64.5 Å². The molecule has 0 bridgehead atoms. The Morgan fingerprint density at radius 3 is 2.82 bits per heavy atom. The van der Waals surface area contributed by atoms with Crippen molar-refractivity contribution in [2.75, 3.05) is 13.1 Å². The van der Waals surface area contributed by atoms with Gasteiger partial charge in [-0.05, 0) is 49.2 Å². The minimum absolute atomic E-state index is 0.500. The van der Waals surface area contributed by atoms with Crippen LogP contribution in [0.1, 0.15) is 29.7 Å². The fourth-order valence-corrected chi connectivity index (χ4v) is 5.07. The van der Waals surface area contributed by atoms with Crippen LogP contribution in [0, 0.1) is 0 Å². The Morgan fingerprint density at radius 1 is 1.11 bits per heavy atom. The summed E-state index contributed by atoms with van der Waals surface area (Å²) in [7, 11) is 0. The number of piperidine rings is 1. The van der Waals surface area contributed by atoms with Crippen LogP contribution in [0.15, 0.2) is 53.1 Å². The maximum absolute atomic E-state index is 5.95. The number of halogens is 1. The van der Waals surface area contributed by atoms with Gasteiger partial charge in [0, 0.05) is 10.6 Å². The molecule has 0 aliphatic carbocycles. The van der Waals surface area contributed by atoms with Gasteiger partial charge in [-0.15, -0.1) is 11.3 Å². The maximum atomic E-state index is 5.95. The van der Waals surface area contributed by atoms with E-state index in [2.05, 4.69) is 34.4 Å². The molecule has 5 nitrogen and oxygen atoms in total. The van der Waals surface area contributed by atoms with Crippen molar-refractivity contribution in [1.29, 1.82) is 0 Å². The van der Waals surface area contributed by atoms with Gasteiger partial charge in [-0.2, -0.15) is 4.98 Å². The minimum Gasteiger partial charge on any atom is -0.333 e. The largest absolute Gasteiger partial charge is 0.333 e. The van der Waals surface area contributed by atoms with Gasteiger partial charge in [0.05, 0.1) is 29.2 Å². The number of nitrogens with zero attached hydrogens (tertiary/aromatic N) is 3. The van der Waals surface area contributed by atoms with Gasteiger partial charge in [-0.3, -0.25) is 0 Å². The topological polar surface area (TPSA) is 56.2 Å². The lowest BCUT2D eigenvalue weighted by Crippen LogP contribution is -3.12. The van der Waals surface area contributed by atoms with Gasteiger partial charge in [-0.1, -0.05) is 28.9 Å². The molecular weight excluding hydrogens is 392 g/mol. The molecule has 1 aliphatic rings. The first-order valence-corrected chi connectivity index (χ1v) is 10.7. The number of quaternary nitrogens is 1. The van der Waals surface area contributed by atoms with Gasteiger partial charge < -0.3 is 9.42 Å². The monoisotopic (exact) mass is 411 g/mol. The van der Waals surface area contributed by atoms with Gasteiger partial charge in [0.2, 0.25) is 5.82 Å². The van der Waals surface area contributed by atoms with Crippen LogP contribution in [0.3, 0.4) is 0 Å². The summed E-state index contributed by atoms with van der Waals surface area (Å²) in [6, 6.07) is 15.9. The average Bonchev–Trinajstić information content (AvgIpc) is 3.36. The fraction of sp³-hybridized carbons (Fsp3) is 0.286. The van der Waals surface area contributed by atoms with Gasteiger partial charge in [0.25, 0.3) is 5.89 Å². The Hall–Kier alpha value is -2.28. The van der Waals surface area contributed by atoms with Crippen LogP contribution in [0.4, 0.5) is 0 Å². The number of para-hydroxylation sites is 1. The first kappa shape index (κ1) is 17.8. The predicted molar refractivity (Wildman–Crippen MR) is 111 cm³/mol. The molecule has 0 spiro atoms. The molecule has 1 saturated heterocycles. The van der Waals surface area contributed by atoms with E-state index in [4.69, 9.17) is 21.1 Å². The molecule has 2 aromatic carbocycles. The van der Waals surface area contributed by atoms with E-state index in [0.29, 0.717) is 22.7 Å². The standard InChI is InChI=1S/C21H19ClN4OS/c22-16-9-7-14(8-10-16)20-24-19(27-25-20)13-26-11-3-4-15(12-26)21-23-17-5-1-2-6-18(17)28-21/h1-2,5-10,15H,3-4,11-13H2/p+1/t15-/m1/s1. The van der Waals surface area contributed by atoms with Gasteiger partial charge in [-0.25, -0.2) is 4.98 Å². The maximum Gasteiger partial charge on any atom is 0.282 e. The second kappa shape index (κ2) is 7.62. The highest BCUT2D eigenvalue weighted by molar-refractivity contribution is 7.18. The molecule has 28 heavy (non-hydrogen) atoms. The summed E-state index contributed by atoms with van der Waals surface area (Å²) in [5, 5.41) is 6.09. The molecule has 0 amide bonds. The molecule has 5 rings (SSSR count). The van der Waals surface area contributed by atoms with Crippen molar-refractivity contribution in [2.24, 2.45) is 0 Å². The van der Waals surface area contributed by atoms with E-state index in [-0.39, 0.29) is 0 Å². The highest BCUT2D eigenvalue weighted by Gasteiger charge is 2.28. The first-order chi connectivity index (χ1) is 13.7. The molecule has 1 N–H and O–H groups in total. The second-order valence-corrected chi connectivity index (χ2v) is 8.76. The molecule has 0 radical (unpaired) electrons. The van der Waals surface area contributed by atoms with E-state index in [0.717, 1.165) is 30.7 Å². The zero-order valence-corrected chi connectivity index (χ0v) is 16.8. The molecular formula is C21H20ClN4OS+. The normalized spacial score (nSPS) is 19.9. The Balaban J connectivity index is 1.28. The third-order valence-corrected chi connectivity index (χ3v) is 6.70. The van der Waals surface area contributed by atoms with Crippen LogP contribution < -0.4 is 4.90 Å². The number of rotatable bonds is 4. The quantitative estimate of drug-likeness (QED) is 0.552. The highest BCUT2D eigenvalue weighted by atomic mass is 35.5. The first-order valence-electron chi connectivity index (χ1n) is 9.52. The summed E-state index contributed by atoms with van der Waals surface area (Å²) in [5.41, 5.74) is 2.03.